The molecule has 1 fully saturated rings. The fourth-order valence-electron chi connectivity index (χ4n) is 3.13. The van der Waals surface area contributed by atoms with Gasteiger partial charge < -0.3 is 20.7 Å². The number of likely N-dealkylation sites (tertiary alicyclic amines) is 1. The van der Waals surface area contributed by atoms with E-state index in [-0.39, 0.29) is 23.1 Å². The van der Waals surface area contributed by atoms with Crippen molar-refractivity contribution >= 4 is 44.4 Å². The number of ether oxygens (including phenoxy) is 1. The lowest BCUT2D eigenvalue weighted by Gasteiger charge is -2.14. The number of urea groups is 1. The maximum absolute atomic E-state index is 12.2. The summed E-state index contributed by atoms with van der Waals surface area (Å²) in [5, 5.41) is 5.70. The van der Waals surface area contributed by atoms with E-state index >= 15 is 0 Å². The quantitative estimate of drug-likeness (QED) is 0.434. The first-order valence-electron chi connectivity index (χ1n) is 9.83. The summed E-state index contributed by atoms with van der Waals surface area (Å²) in [5.74, 6) is -0.637. The standard InChI is InChI=1S/C19H25BrN6O3S/c20-13-5-6-14(23-11-13)12-29-17-15(16(21)27)18(30-25-17)24-19(28)22-7-1-2-8-26-9-3-4-10-26/h5-6,11H,1-4,7-10,12H2,(H2,21,27)(H2,22,24,28). The molecule has 0 aliphatic carbocycles. The number of unbranched alkanes of at least 4 members (excludes halogenated alkanes) is 1. The van der Waals surface area contributed by atoms with E-state index in [0.717, 1.165) is 35.4 Å². The third kappa shape index (κ3) is 6.64. The van der Waals surface area contributed by atoms with Crippen molar-refractivity contribution < 1.29 is 14.3 Å². The van der Waals surface area contributed by atoms with E-state index in [9.17, 15) is 9.59 Å². The maximum atomic E-state index is 12.2. The fraction of sp³-hybridized carbons (Fsp3) is 0.474. The van der Waals surface area contributed by atoms with Crippen LogP contribution in [-0.2, 0) is 6.61 Å². The van der Waals surface area contributed by atoms with Gasteiger partial charge in [0.15, 0.2) is 0 Å². The number of hydrogen-bond acceptors (Lipinski definition) is 7. The van der Waals surface area contributed by atoms with Gasteiger partial charge in [-0.15, -0.1) is 0 Å². The van der Waals surface area contributed by atoms with Crippen LogP contribution in [0.15, 0.2) is 22.8 Å². The van der Waals surface area contributed by atoms with Crippen LogP contribution in [0.3, 0.4) is 0 Å². The van der Waals surface area contributed by atoms with Crippen LogP contribution >= 0.6 is 27.5 Å². The number of carbonyl (C=O) groups excluding carboxylic acids is 2. The predicted octanol–water partition coefficient (Wildman–Crippen LogP) is 2.98. The molecule has 0 saturated carbocycles. The van der Waals surface area contributed by atoms with E-state index in [1.165, 1.54) is 25.9 Å². The molecule has 0 spiro atoms. The number of rotatable bonds is 10. The second kappa shape index (κ2) is 11.2. The number of anilines is 1. The molecule has 2 aromatic heterocycles. The lowest BCUT2D eigenvalue weighted by atomic mass is 10.3. The van der Waals surface area contributed by atoms with Crippen LogP contribution in [0, 0.1) is 0 Å². The third-order valence-electron chi connectivity index (χ3n) is 4.67. The van der Waals surface area contributed by atoms with Crippen LogP contribution in [-0.4, -0.2) is 52.4 Å². The topological polar surface area (TPSA) is 122 Å². The summed E-state index contributed by atoms with van der Waals surface area (Å²) in [6.45, 7) is 4.11. The Morgan fingerprint density at radius 2 is 2.07 bits per heavy atom. The minimum atomic E-state index is -0.719. The summed E-state index contributed by atoms with van der Waals surface area (Å²) in [5.41, 5.74) is 6.20. The predicted molar refractivity (Wildman–Crippen MR) is 119 cm³/mol. The van der Waals surface area contributed by atoms with Crippen molar-refractivity contribution in [3.05, 3.63) is 34.1 Å². The molecule has 3 amide bonds. The normalized spacial score (nSPS) is 13.9. The van der Waals surface area contributed by atoms with E-state index in [4.69, 9.17) is 10.5 Å². The smallest absolute Gasteiger partial charge is 0.319 e. The Bertz CT molecular complexity index is 854. The fourth-order valence-corrected chi connectivity index (χ4v) is 4.10. The van der Waals surface area contributed by atoms with Gasteiger partial charge in [-0.2, -0.15) is 4.37 Å². The van der Waals surface area contributed by atoms with Crippen molar-refractivity contribution in [2.24, 2.45) is 5.73 Å². The first kappa shape index (κ1) is 22.4. The Kier molecular flexibility index (Phi) is 8.40. The average Bonchev–Trinajstić information content (AvgIpc) is 3.37. The number of primary amides is 1. The van der Waals surface area contributed by atoms with Gasteiger partial charge >= 0.3 is 6.03 Å². The molecule has 4 N–H and O–H groups in total. The molecule has 0 unspecified atom stereocenters. The monoisotopic (exact) mass is 496 g/mol. The van der Waals surface area contributed by atoms with Crippen LogP contribution in [0.5, 0.6) is 5.88 Å². The van der Waals surface area contributed by atoms with Gasteiger partial charge in [-0.05, 0) is 84.9 Å². The Labute approximate surface area is 187 Å². The number of halogens is 1. The highest BCUT2D eigenvalue weighted by atomic mass is 79.9. The number of nitrogens with zero attached hydrogens (tertiary/aromatic N) is 3. The molecule has 3 heterocycles. The highest BCUT2D eigenvalue weighted by Crippen LogP contribution is 2.30. The number of aromatic nitrogens is 2. The molecule has 162 valence electrons. The lowest BCUT2D eigenvalue weighted by Crippen LogP contribution is -2.30. The minimum Gasteiger partial charge on any atom is -0.470 e. The average molecular weight is 497 g/mol. The van der Waals surface area contributed by atoms with Gasteiger partial charge in [-0.25, -0.2) is 4.79 Å². The molecule has 0 atom stereocenters. The Hall–Kier alpha value is -2.24. The number of hydrogen-bond donors (Lipinski definition) is 3. The van der Waals surface area contributed by atoms with Crippen LogP contribution < -0.4 is 21.1 Å². The molecule has 0 radical (unpaired) electrons. The number of carbonyl (C=O) groups is 2. The van der Waals surface area contributed by atoms with Gasteiger partial charge in [-0.1, -0.05) is 0 Å². The van der Waals surface area contributed by atoms with E-state index in [2.05, 4.69) is 40.8 Å². The van der Waals surface area contributed by atoms with Crippen molar-refractivity contribution in [3.63, 3.8) is 0 Å². The molecule has 1 aliphatic rings. The number of nitrogens with one attached hydrogen (secondary N) is 2. The van der Waals surface area contributed by atoms with E-state index < -0.39 is 11.9 Å². The number of amides is 3. The summed E-state index contributed by atoms with van der Waals surface area (Å²) < 4.78 is 10.6. The highest BCUT2D eigenvalue weighted by molar-refractivity contribution is 9.10. The van der Waals surface area contributed by atoms with Crippen molar-refractivity contribution in [2.45, 2.75) is 32.3 Å². The third-order valence-corrected chi connectivity index (χ3v) is 5.88. The first-order valence-corrected chi connectivity index (χ1v) is 11.4. The zero-order valence-electron chi connectivity index (χ0n) is 16.5. The first-order chi connectivity index (χ1) is 14.5. The summed E-state index contributed by atoms with van der Waals surface area (Å²) in [6, 6.07) is 3.23. The molecule has 3 rings (SSSR count). The summed E-state index contributed by atoms with van der Waals surface area (Å²) in [4.78, 5) is 30.7. The van der Waals surface area contributed by atoms with E-state index in [1.54, 1.807) is 12.3 Å². The second-order valence-corrected chi connectivity index (χ2v) is 8.64. The van der Waals surface area contributed by atoms with Gasteiger partial charge in [0.05, 0.1) is 5.69 Å². The summed E-state index contributed by atoms with van der Waals surface area (Å²) in [6.07, 6.45) is 6.14. The van der Waals surface area contributed by atoms with Gasteiger partial charge in [0, 0.05) is 17.2 Å². The van der Waals surface area contributed by atoms with Crippen molar-refractivity contribution in [1.29, 1.82) is 0 Å². The Morgan fingerprint density at radius 1 is 1.27 bits per heavy atom. The van der Waals surface area contributed by atoms with Crippen molar-refractivity contribution in [3.8, 4) is 5.88 Å². The van der Waals surface area contributed by atoms with Gasteiger partial charge in [-0.3, -0.25) is 15.1 Å². The Balaban J connectivity index is 1.46. The van der Waals surface area contributed by atoms with Crippen LogP contribution in [0.2, 0.25) is 0 Å². The molecule has 11 heteroatoms. The molecule has 30 heavy (non-hydrogen) atoms. The summed E-state index contributed by atoms with van der Waals surface area (Å²) >= 11 is 4.27. The largest absolute Gasteiger partial charge is 0.470 e. The lowest BCUT2D eigenvalue weighted by molar-refractivity contribution is 0.0996. The van der Waals surface area contributed by atoms with Crippen molar-refractivity contribution in [2.75, 3.05) is 31.5 Å². The Morgan fingerprint density at radius 3 is 2.77 bits per heavy atom. The van der Waals surface area contributed by atoms with Crippen molar-refractivity contribution in [1.82, 2.24) is 19.6 Å². The minimum absolute atomic E-state index is 0.0568. The van der Waals surface area contributed by atoms with Gasteiger partial charge in [0.1, 0.15) is 17.2 Å². The molecule has 1 saturated heterocycles. The zero-order chi connectivity index (χ0) is 21.3. The molecule has 0 bridgehead atoms. The molecule has 0 aromatic carbocycles. The molecular weight excluding hydrogens is 472 g/mol. The van der Waals surface area contributed by atoms with Crippen LogP contribution in [0.4, 0.5) is 9.80 Å². The SMILES string of the molecule is NC(=O)c1c(OCc2ccc(Br)cn2)nsc1NC(=O)NCCCCN1CCCC1. The summed E-state index contributed by atoms with van der Waals surface area (Å²) in [7, 11) is 0. The molecule has 2 aromatic rings. The van der Waals surface area contributed by atoms with Crippen LogP contribution in [0.25, 0.3) is 0 Å². The van der Waals surface area contributed by atoms with Gasteiger partial charge in [0.2, 0.25) is 5.88 Å². The highest BCUT2D eigenvalue weighted by Gasteiger charge is 2.22. The maximum Gasteiger partial charge on any atom is 0.319 e. The van der Waals surface area contributed by atoms with E-state index in [0.29, 0.717) is 12.2 Å². The number of nitrogens with two attached hydrogens (primary N) is 1. The molecular formula is C19H25BrN6O3S. The molecule has 9 nitrogen and oxygen atoms in total. The van der Waals surface area contributed by atoms with Gasteiger partial charge in [0.25, 0.3) is 5.91 Å². The van der Waals surface area contributed by atoms with E-state index in [1.807, 2.05) is 6.07 Å². The second-order valence-electron chi connectivity index (χ2n) is 6.95. The zero-order valence-corrected chi connectivity index (χ0v) is 18.9. The molecule has 1 aliphatic heterocycles. The number of pyridine rings is 1. The van der Waals surface area contributed by atoms with Crippen LogP contribution in [0.1, 0.15) is 41.7 Å².